The zero-order valence-corrected chi connectivity index (χ0v) is 14.4. The Hall–Kier alpha value is -3.33. The number of ketones is 1. The average Bonchev–Trinajstić information content (AvgIpc) is 2.99. The molecule has 10 heteroatoms. The Labute approximate surface area is 159 Å². The molecular formula is C18H9ClF3NO5. The predicted molar refractivity (Wildman–Crippen MR) is 91.2 cm³/mol. The quantitative estimate of drug-likeness (QED) is 0.626. The molecule has 2 N–H and O–H groups in total. The minimum absolute atomic E-state index is 0.0542. The van der Waals surface area contributed by atoms with Gasteiger partial charge in [0, 0.05) is 6.20 Å². The summed E-state index contributed by atoms with van der Waals surface area (Å²) in [7, 11) is 0. The van der Waals surface area contributed by atoms with Gasteiger partial charge in [-0.05, 0) is 30.3 Å². The van der Waals surface area contributed by atoms with Crippen LogP contribution in [0.5, 0.6) is 0 Å². The molecule has 0 saturated heterocycles. The van der Waals surface area contributed by atoms with Gasteiger partial charge in [0.05, 0.1) is 38.5 Å². The van der Waals surface area contributed by atoms with Crippen molar-refractivity contribution in [2.24, 2.45) is 0 Å². The minimum atomic E-state index is -4.88. The molecular weight excluding hydrogens is 403 g/mol. The van der Waals surface area contributed by atoms with Crippen LogP contribution < -0.4 is 0 Å². The highest BCUT2D eigenvalue weighted by atomic mass is 35.5. The zero-order chi connectivity index (χ0) is 20.8. The molecule has 0 aliphatic heterocycles. The van der Waals surface area contributed by atoms with Crippen molar-refractivity contribution in [3.63, 3.8) is 0 Å². The van der Waals surface area contributed by atoms with E-state index >= 15 is 0 Å². The first-order valence-electron chi connectivity index (χ1n) is 7.54. The largest absolute Gasteiger partial charge is 0.478 e. The van der Waals surface area contributed by atoms with Gasteiger partial charge in [0.15, 0.2) is 0 Å². The highest BCUT2D eigenvalue weighted by molar-refractivity contribution is 6.35. The molecule has 0 atom stereocenters. The number of carboxylic acids is 2. The maximum Gasteiger partial charge on any atom is 0.417 e. The van der Waals surface area contributed by atoms with Crippen LogP contribution in [-0.4, -0.2) is 32.3 Å². The van der Waals surface area contributed by atoms with Crippen LogP contribution >= 0.6 is 11.6 Å². The van der Waals surface area contributed by atoms with Crippen molar-refractivity contribution in [1.82, 2.24) is 4.40 Å². The van der Waals surface area contributed by atoms with Crippen molar-refractivity contribution >= 4 is 34.8 Å². The van der Waals surface area contributed by atoms with Gasteiger partial charge < -0.3 is 14.6 Å². The van der Waals surface area contributed by atoms with Gasteiger partial charge in [-0.3, -0.25) is 4.79 Å². The highest BCUT2D eigenvalue weighted by Gasteiger charge is 2.37. The van der Waals surface area contributed by atoms with Gasteiger partial charge in [-0.25, -0.2) is 9.59 Å². The molecule has 144 valence electrons. The number of carbonyl (C=O) groups is 3. The molecule has 0 spiro atoms. The molecule has 2 aromatic heterocycles. The molecule has 2 heterocycles. The number of fused-ring (bicyclic) bond motifs is 1. The molecule has 0 bridgehead atoms. The summed E-state index contributed by atoms with van der Waals surface area (Å²) < 4.78 is 40.9. The number of rotatable bonds is 4. The van der Waals surface area contributed by atoms with Crippen molar-refractivity contribution in [2.75, 3.05) is 0 Å². The summed E-state index contributed by atoms with van der Waals surface area (Å²) in [6, 6.07) is 5.96. The number of hydrogen-bond acceptors (Lipinski definition) is 3. The highest BCUT2D eigenvalue weighted by Crippen LogP contribution is 2.36. The summed E-state index contributed by atoms with van der Waals surface area (Å²) in [5, 5.41) is 18.0. The number of pyridine rings is 1. The molecule has 0 aliphatic carbocycles. The van der Waals surface area contributed by atoms with Gasteiger partial charge in [0.25, 0.3) is 0 Å². The lowest BCUT2D eigenvalue weighted by atomic mass is 10.0. The number of alkyl halides is 3. The van der Waals surface area contributed by atoms with Crippen LogP contribution in [-0.2, 0) is 6.18 Å². The number of halogens is 4. The Kier molecular flexibility index (Phi) is 4.64. The Bertz CT molecular complexity index is 1150. The molecule has 0 unspecified atom stereocenters. The zero-order valence-electron chi connectivity index (χ0n) is 13.6. The molecule has 3 rings (SSSR count). The number of hydrogen-bond donors (Lipinski definition) is 2. The number of carbonyl (C=O) groups excluding carboxylic acids is 1. The molecule has 0 radical (unpaired) electrons. The number of nitrogens with zero attached hydrogens (tertiary/aromatic N) is 1. The van der Waals surface area contributed by atoms with Crippen molar-refractivity contribution in [3.05, 3.63) is 75.6 Å². The van der Waals surface area contributed by atoms with Crippen LogP contribution in [0.1, 0.15) is 42.3 Å². The van der Waals surface area contributed by atoms with E-state index in [2.05, 4.69) is 0 Å². The third-order valence-corrected chi connectivity index (χ3v) is 4.34. The Morgan fingerprint density at radius 2 is 1.68 bits per heavy atom. The first-order chi connectivity index (χ1) is 13.0. The van der Waals surface area contributed by atoms with Crippen LogP contribution in [0.4, 0.5) is 13.2 Å². The fourth-order valence-electron chi connectivity index (χ4n) is 2.79. The van der Waals surface area contributed by atoms with Crippen molar-refractivity contribution in [3.8, 4) is 0 Å². The van der Waals surface area contributed by atoms with E-state index in [-0.39, 0.29) is 16.6 Å². The van der Waals surface area contributed by atoms with Crippen LogP contribution in [0, 0.1) is 0 Å². The molecule has 0 amide bonds. The lowest BCUT2D eigenvalue weighted by Crippen LogP contribution is -2.16. The summed E-state index contributed by atoms with van der Waals surface area (Å²) in [5.74, 6) is -3.99. The second kappa shape index (κ2) is 6.68. The monoisotopic (exact) mass is 411 g/mol. The summed E-state index contributed by atoms with van der Waals surface area (Å²) in [6.07, 6.45) is -3.92. The van der Waals surface area contributed by atoms with E-state index in [9.17, 15) is 32.7 Å². The topological polar surface area (TPSA) is 96.1 Å². The first-order valence-corrected chi connectivity index (χ1v) is 7.92. The molecule has 0 aliphatic rings. The van der Waals surface area contributed by atoms with Crippen molar-refractivity contribution < 1.29 is 37.8 Å². The standard InChI is InChI=1S/C18H9ClF3NO5/c19-11-3-1-2-10(18(20,21)22)14(11)15(24)13-6-9(17(27)28)12-5-4-8(16(25)26)7-23(12)13/h1-7H,(H,25,26)(H,27,28). The lowest BCUT2D eigenvalue weighted by molar-refractivity contribution is -0.137. The SMILES string of the molecule is O=C(O)c1ccc2c(C(=O)O)cc(C(=O)c3c(Cl)cccc3C(F)(F)F)n2c1. The number of aromatic nitrogens is 1. The average molecular weight is 412 g/mol. The number of aromatic carboxylic acids is 2. The van der Waals surface area contributed by atoms with Crippen LogP contribution in [0.25, 0.3) is 5.52 Å². The Balaban J connectivity index is 2.33. The van der Waals surface area contributed by atoms with E-state index < -0.39 is 45.7 Å². The smallest absolute Gasteiger partial charge is 0.417 e. The Morgan fingerprint density at radius 1 is 1.00 bits per heavy atom. The molecule has 6 nitrogen and oxygen atoms in total. The first kappa shape index (κ1) is 19.4. The third-order valence-electron chi connectivity index (χ3n) is 4.02. The normalized spacial score (nSPS) is 11.6. The fraction of sp³-hybridized carbons (Fsp3) is 0.0556. The molecule has 28 heavy (non-hydrogen) atoms. The second-order valence-electron chi connectivity index (χ2n) is 5.72. The van der Waals surface area contributed by atoms with E-state index in [1.807, 2.05) is 0 Å². The summed E-state index contributed by atoms with van der Waals surface area (Å²) in [4.78, 5) is 35.6. The van der Waals surface area contributed by atoms with E-state index in [4.69, 9.17) is 16.7 Å². The molecule has 3 aromatic rings. The summed E-state index contributed by atoms with van der Waals surface area (Å²) >= 11 is 5.84. The predicted octanol–water partition coefficient (Wildman–Crippen LogP) is 4.24. The van der Waals surface area contributed by atoms with Gasteiger partial charge in [-0.15, -0.1) is 0 Å². The van der Waals surface area contributed by atoms with E-state index in [0.717, 1.165) is 40.9 Å². The maximum absolute atomic E-state index is 13.3. The number of benzene rings is 1. The molecule has 1 aromatic carbocycles. The van der Waals surface area contributed by atoms with Gasteiger partial charge in [0.1, 0.15) is 0 Å². The van der Waals surface area contributed by atoms with Crippen LogP contribution in [0.3, 0.4) is 0 Å². The summed E-state index contributed by atoms with van der Waals surface area (Å²) in [5.41, 5.74) is -3.32. The molecule has 0 saturated carbocycles. The molecule has 0 fully saturated rings. The van der Waals surface area contributed by atoms with Crippen molar-refractivity contribution in [2.45, 2.75) is 6.18 Å². The van der Waals surface area contributed by atoms with E-state index in [1.165, 1.54) is 0 Å². The van der Waals surface area contributed by atoms with Gasteiger partial charge in [-0.2, -0.15) is 13.2 Å². The number of carboxylic acid groups (broad SMARTS) is 2. The second-order valence-corrected chi connectivity index (χ2v) is 6.12. The maximum atomic E-state index is 13.3. The van der Waals surface area contributed by atoms with Crippen LogP contribution in [0.15, 0.2) is 42.6 Å². The van der Waals surface area contributed by atoms with Gasteiger partial charge >= 0.3 is 18.1 Å². The summed E-state index contributed by atoms with van der Waals surface area (Å²) in [6.45, 7) is 0. The Morgan fingerprint density at radius 3 is 2.25 bits per heavy atom. The van der Waals surface area contributed by atoms with E-state index in [1.54, 1.807) is 0 Å². The van der Waals surface area contributed by atoms with Gasteiger partial charge in [0.2, 0.25) is 5.78 Å². The minimum Gasteiger partial charge on any atom is -0.478 e. The van der Waals surface area contributed by atoms with Crippen molar-refractivity contribution in [1.29, 1.82) is 0 Å². The third kappa shape index (κ3) is 3.20. The van der Waals surface area contributed by atoms with E-state index in [0.29, 0.717) is 6.07 Å². The van der Waals surface area contributed by atoms with Crippen LogP contribution in [0.2, 0.25) is 5.02 Å². The lowest BCUT2D eigenvalue weighted by Gasteiger charge is -2.13. The fourth-order valence-corrected chi connectivity index (χ4v) is 3.05. The van der Waals surface area contributed by atoms with Gasteiger partial charge in [-0.1, -0.05) is 17.7 Å².